The second kappa shape index (κ2) is 12.2. The zero-order valence-corrected chi connectivity index (χ0v) is 29.5. The molecule has 0 fully saturated rings. The van der Waals surface area contributed by atoms with Gasteiger partial charge in [0.1, 0.15) is 0 Å². The summed E-state index contributed by atoms with van der Waals surface area (Å²) in [6, 6.07) is 75.2. The highest BCUT2D eigenvalue weighted by Crippen LogP contribution is 2.51. The molecule has 10 aromatic rings. The summed E-state index contributed by atoms with van der Waals surface area (Å²) >= 11 is 0. The van der Waals surface area contributed by atoms with E-state index in [4.69, 9.17) is 0 Å². The molecule has 0 radical (unpaired) electrons. The second-order valence-corrected chi connectivity index (χ2v) is 14.3. The molecule has 0 aromatic heterocycles. The van der Waals surface area contributed by atoms with Crippen LogP contribution in [0.4, 0.5) is 34.1 Å². The van der Waals surface area contributed by atoms with Crippen molar-refractivity contribution in [1.29, 1.82) is 0 Å². The van der Waals surface area contributed by atoms with E-state index in [1.165, 1.54) is 65.3 Å². The molecule has 0 saturated carbocycles. The van der Waals surface area contributed by atoms with Gasteiger partial charge < -0.3 is 9.80 Å². The van der Waals surface area contributed by atoms with E-state index in [2.05, 4.69) is 216 Å². The Bertz CT molecular complexity index is 2850. The van der Waals surface area contributed by atoms with E-state index in [1.54, 1.807) is 0 Å². The quantitative estimate of drug-likeness (QED) is 0.172. The van der Waals surface area contributed by atoms with E-state index in [1.807, 2.05) is 0 Å². The number of hydrogen-bond acceptors (Lipinski definition) is 2. The van der Waals surface area contributed by atoms with Crippen molar-refractivity contribution < 1.29 is 0 Å². The van der Waals surface area contributed by atoms with Gasteiger partial charge in [-0.25, -0.2) is 0 Å². The van der Waals surface area contributed by atoms with Crippen molar-refractivity contribution >= 4 is 77.2 Å². The first-order chi connectivity index (χ1) is 26.7. The Morgan fingerprint density at radius 3 is 0.852 bits per heavy atom. The van der Waals surface area contributed by atoms with Crippen molar-refractivity contribution in [1.82, 2.24) is 0 Å². The van der Waals surface area contributed by atoms with Gasteiger partial charge in [-0.15, -0.1) is 0 Å². The summed E-state index contributed by atoms with van der Waals surface area (Å²) in [5.74, 6) is 0. The number of fused-ring (bicyclic) bond motifs is 8. The molecular weight excluding hydrogens is 653 g/mol. The minimum Gasteiger partial charge on any atom is -0.310 e. The Kier molecular flexibility index (Phi) is 6.90. The highest BCUT2D eigenvalue weighted by atomic mass is 15.1. The van der Waals surface area contributed by atoms with E-state index >= 15 is 0 Å². The summed E-state index contributed by atoms with van der Waals surface area (Å²) in [5, 5.41) is 9.91. The zero-order chi connectivity index (χ0) is 35.6. The number of benzene rings is 10. The monoisotopic (exact) mass is 686 g/mol. The van der Waals surface area contributed by atoms with Crippen LogP contribution in [0.3, 0.4) is 0 Å². The average molecular weight is 687 g/mol. The van der Waals surface area contributed by atoms with Gasteiger partial charge in [-0.3, -0.25) is 0 Å². The van der Waals surface area contributed by atoms with Crippen LogP contribution in [0, 0.1) is 0 Å². The molecule has 1 aliphatic carbocycles. The molecule has 54 heavy (non-hydrogen) atoms. The van der Waals surface area contributed by atoms with Gasteiger partial charge >= 0.3 is 0 Å². The number of para-hydroxylation sites is 2. The molecule has 0 unspecified atom stereocenters. The third kappa shape index (κ3) is 5.03. The van der Waals surface area contributed by atoms with Crippen molar-refractivity contribution in [2.75, 3.05) is 9.80 Å². The topological polar surface area (TPSA) is 6.48 Å². The van der Waals surface area contributed by atoms with Crippen LogP contribution in [0.15, 0.2) is 206 Å². The minimum absolute atomic E-state index is 1.14. The molecule has 0 amide bonds. The molecule has 10 aromatic carbocycles. The lowest BCUT2D eigenvalue weighted by atomic mass is 9.78. The number of anilines is 6. The predicted octanol–water partition coefficient (Wildman–Crippen LogP) is 14.9. The van der Waals surface area contributed by atoms with E-state index in [0.717, 1.165) is 34.1 Å². The molecule has 0 spiro atoms. The summed E-state index contributed by atoms with van der Waals surface area (Å²) in [6.07, 6.45) is 0. The van der Waals surface area contributed by atoms with Gasteiger partial charge in [-0.1, -0.05) is 109 Å². The van der Waals surface area contributed by atoms with Gasteiger partial charge in [0.05, 0.1) is 0 Å². The fraction of sp³-hybridized carbons (Fsp3) is 0. The smallest absolute Gasteiger partial charge is 0.0468 e. The molecule has 11 rings (SSSR count). The normalized spacial score (nSPS) is 11.7. The summed E-state index contributed by atoms with van der Waals surface area (Å²) in [4.78, 5) is 4.73. The fourth-order valence-corrected chi connectivity index (χ4v) is 8.36. The van der Waals surface area contributed by atoms with E-state index in [0.29, 0.717) is 0 Å². The van der Waals surface area contributed by atoms with Gasteiger partial charge in [0.15, 0.2) is 0 Å². The van der Waals surface area contributed by atoms with Crippen LogP contribution in [0.25, 0.3) is 65.3 Å². The standard InChI is InChI=1S/C52H34N2/c1-3-15-43(16-4-1)53(45-23-19-35-11-7-9-13-37(35)27-45)47-25-21-39-31-49-50-32-40-22-26-48(30-42(40)34-52(50)51(49)33-41(39)29-47)54(44-17-5-2-6-18-44)46-24-20-36-12-8-10-14-38(36)28-46/h1-34H. The first kappa shape index (κ1) is 30.5. The average Bonchev–Trinajstić information content (AvgIpc) is 3.23. The SMILES string of the molecule is c1ccc(N(c2ccc3ccccc3c2)c2ccc3cc4c(cc3c2)-c2cc3cc(N(c5ccccc5)c5ccc6ccccc6c5)ccc3cc2-4)cc1. The molecule has 2 nitrogen and oxygen atoms in total. The lowest BCUT2D eigenvalue weighted by Crippen LogP contribution is -2.10. The molecular formula is C52H34N2. The van der Waals surface area contributed by atoms with Crippen LogP contribution in [-0.2, 0) is 0 Å². The molecule has 1 aliphatic rings. The van der Waals surface area contributed by atoms with Crippen molar-refractivity contribution in [2.45, 2.75) is 0 Å². The zero-order valence-electron chi connectivity index (χ0n) is 29.5. The molecule has 0 bridgehead atoms. The first-order valence-electron chi connectivity index (χ1n) is 18.6. The third-order valence-corrected chi connectivity index (χ3v) is 11.0. The van der Waals surface area contributed by atoms with E-state index in [9.17, 15) is 0 Å². The fourth-order valence-electron chi connectivity index (χ4n) is 8.36. The van der Waals surface area contributed by atoms with Crippen LogP contribution < -0.4 is 9.80 Å². The van der Waals surface area contributed by atoms with Gasteiger partial charge in [0.2, 0.25) is 0 Å². The first-order valence-corrected chi connectivity index (χ1v) is 18.6. The van der Waals surface area contributed by atoms with E-state index < -0.39 is 0 Å². The maximum Gasteiger partial charge on any atom is 0.0468 e. The second-order valence-electron chi connectivity index (χ2n) is 14.3. The number of rotatable bonds is 6. The molecule has 0 atom stereocenters. The Labute approximate surface area is 314 Å². The van der Waals surface area contributed by atoms with Crippen LogP contribution in [0.1, 0.15) is 0 Å². The number of hydrogen-bond donors (Lipinski definition) is 0. The summed E-state index contributed by atoms with van der Waals surface area (Å²) in [5.41, 5.74) is 12.1. The van der Waals surface area contributed by atoms with Crippen LogP contribution in [0.2, 0.25) is 0 Å². The third-order valence-electron chi connectivity index (χ3n) is 11.0. The Balaban J connectivity index is 1.00. The van der Waals surface area contributed by atoms with Crippen molar-refractivity contribution in [3.63, 3.8) is 0 Å². The summed E-state index contributed by atoms with van der Waals surface area (Å²) in [6.45, 7) is 0. The van der Waals surface area contributed by atoms with Crippen LogP contribution >= 0.6 is 0 Å². The maximum atomic E-state index is 2.39. The molecule has 0 N–H and O–H groups in total. The molecule has 252 valence electrons. The van der Waals surface area contributed by atoms with Gasteiger partial charge in [0.25, 0.3) is 0 Å². The highest BCUT2D eigenvalue weighted by molar-refractivity contribution is 6.12. The Morgan fingerprint density at radius 1 is 0.185 bits per heavy atom. The highest BCUT2D eigenvalue weighted by Gasteiger charge is 2.25. The van der Waals surface area contributed by atoms with Crippen molar-refractivity contribution in [3.8, 4) is 22.3 Å². The summed E-state index contributed by atoms with van der Waals surface area (Å²) < 4.78 is 0. The lowest BCUT2D eigenvalue weighted by molar-refractivity contribution is 1.29. The molecule has 2 heteroatoms. The predicted molar refractivity (Wildman–Crippen MR) is 230 cm³/mol. The van der Waals surface area contributed by atoms with Crippen LogP contribution in [0.5, 0.6) is 0 Å². The Hall–Kier alpha value is -7.16. The van der Waals surface area contributed by atoms with Gasteiger partial charge in [-0.05, 0) is 162 Å². The van der Waals surface area contributed by atoms with Gasteiger partial charge in [0, 0.05) is 34.1 Å². The molecule has 0 saturated heterocycles. The molecule has 0 heterocycles. The summed E-state index contributed by atoms with van der Waals surface area (Å²) in [7, 11) is 0. The maximum absolute atomic E-state index is 2.39. The van der Waals surface area contributed by atoms with Crippen molar-refractivity contribution in [3.05, 3.63) is 206 Å². The number of nitrogens with zero attached hydrogens (tertiary/aromatic N) is 2. The molecule has 0 aliphatic heterocycles. The van der Waals surface area contributed by atoms with Crippen LogP contribution in [-0.4, -0.2) is 0 Å². The van der Waals surface area contributed by atoms with Gasteiger partial charge in [-0.2, -0.15) is 0 Å². The minimum atomic E-state index is 1.14. The largest absolute Gasteiger partial charge is 0.310 e. The Morgan fingerprint density at radius 2 is 0.463 bits per heavy atom. The van der Waals surface area contributed by atoms with E-state index in [-0.39, 0.29) is 0 Å². The van der Waals surface area contributed by atoms with Crippen molar-refractivity contribution in [2.24, 2.45) is 0 Å². The lowest BCUT2D eigenvalue weighted by Gasteiger charge is -2.28.